The molecule has 0 spiro atoms. The van der Waals surface area contributed by atoms with Crippen molar-refractivity contribution in [1.82, 2.24) is 9.97 Å². The Bertz CT molecular complexity index is 1330. The smallest absolute Gasteiger partial charge is 0.260 e. The molecule has 0 saturated carbocycles. The number of thioether (sulfide) groups is 1. The Morgan fingerprint density at radius 2 is 1.71 bits per heavy atom. The summed E-state index contributed by atoms with van der Waals surface area (Å²) in [4.78, 5) is 21.2. The quantitative estimate of drug-likeness (QED) is 0.293. The molecule has 0 amide bonds. The van der Waals surface area contributed by atoms with E-state index in [0.29, 0.717) is 10.5 Å². The zero-order valence-electron chi connectivity index (χ0n) is 14.9. The average molecular weight is 401 g/mol. The van der Waals surface area contributed by atoms with E-state index in [-0.39, 0.29) is 5.56 Å². The predicted molar refractivity (Wildman–Crippen MR) is 119 cm³/mol. The number of fused-ring (bicyclic) bond motifs is 2. The third-order valence-electron chi connectivity index (χ3n) is 4.75. The first kappa shape index (κ1) is 17.2. The molecule has 5 aromatic rings. The van der Waals surface area contributed by atoms with Gasteiger partial charge in [-0.3, -0.25) is 4.79 Å². The van der Waals surface area contributed by atoms with Crippen molar-refractivity contribution < 1.29 is 0 Å². The van der Waals surface area contributed by atoms with Crippen LogP contribution in [0.1, 0.15) is 5.56 Å². The van der Waals surface area contributed by atoms with E-state index in [0.717, 1.165) is 21.7 Å². The van der Waals surface area contributed by atoms with Crippen molar-refractivity contribution in [2.75, 3.05) is 0 Å². The van der Waals surface area contributed by atoms with E-state index in [1.165, 1.54) is 27.7 Å². The molecule has 5 heteroatoms. The Kier molecular flexibility index (Phi) is 4.47. The SMILES string of the molecule is O=c1[nH]c(SCc2cccc3ccccc23)nc2scc(-c3ccccc3)c12. The van der Waals surface area contributed by atoms with E-state index in [1.807, 2.05) is 41.8 Å². The van der Waals surface area contributed by atoms with Crippen molar-refractivity contribution in [2.45, 2.75) is 10.9 Å². The second kappa shape index (κ2) is 7.26. The third-order valence-corrected chi connectivity index (χ3v) is 6.55. The zero-order valence-corrected chi connectivity index (χ0v) is 16.5. The van der Waals surface area contributed by atoms with Gasteiger partial charge in [-0.1, -0.05) is 84.6 Å². The number of nitrogens with one attached hydrogen (secondary N) is 1. The lowest BCUT2D eigenvalue weighted by Crippen LogP contribution is -2.08. The minimum absolute atomic E-state index is 0.0782. The normalized spacial score (nSPS) is 11.3. The van der Waals surface area contributed by atoms with Gasteiger partial charge >= 0.3 is 0 Å². The Labute approximate surface area is 170 Å². The van der Waals surface area contributed by atoms with Gasteiger partial charge in [0.25, 0.3) is 5.56 Å². The number of rotatable bonds is 4. The van der Waals surface area contributed by atoms with Gasteiger partial charge in [-0.15, -0.1) is 11.3 Å². The molecule has 0 aliphatic carbocycles. The van der Waals surface area contributed by atoms with Crippen LogP contribution < -0.4 is 5.56 Å². The number of nitrogens with zero attached hydrogens (tertiary/aromatic N) is 1. The first-order valence-electron chi connectivity index (χ1n) is 8.96. The van der Waals surface area contributed by atoms with Gasteiger partial charge in [0.1, 0.15) is 4.83 Å². The van der Waals surface area contributed by atoms with Crippen molar-refractivity contribution in [3.63, 3.8) is 0 Å². The van der Waals surface area contributed by atoms with Crippen LogP contribution in [0.4, 0.5) is 0 Å². The Morgan fingerprint density at radius 1 is 0.929 bits per heavy atom. The van der Waals surface area contributed by atoms with Gasteiger partial charge in [0.2, 0.25) is 0 Å². The molecule has 28 heavy (non-hydrogen) atoms. The highest BCUT2D eigenvalue weighted by Crippen LogP contribution is 2.32. The minimum Gasteiger partial charge on any atom is -0.301 e. The molecule has 0 bridgehead atoms. The molecule has 5 rings (SSSR count). The van der Waals surface area contributed by atoms with Crippen LogP contribution >= 0.6 is 23.1 Å². The number of benzene rings is 3. The third kappa shape index (κ3) is 3.13. The molecule has 0 atom stereocenters. The summed E-state index contributed by atoms with van der Waals surface area (Å²) in [7, 11) is 0. The van der Waals surface area contributed by atoms with Gasteiger partial charge in [-0.2, -0.15) is 0 Å². The fourth-order valence-corrected chi connectivity index (χ4v) is 5.26. The molecule has 2 heterocycles. The van der Waals surface area contributed by atoms with Gasteiger partial charge in [0, 0.05) is 16.7 Å². The van der Waals surface area contributed by atoms with Crippen molar-refractivity contribution >= 4 is 44.1 Å². The van der Waals surface area contributed by atoms with E-state index < -0.39 is 0 Å². The number of H-pyrrole nitrogens is 1. The molecule has 0 aliphatic heterocycles. The summed E-state index contributed by atoms with van der Waals surface area (Å²) in [5, 5.41) is 5.81. The van der Waals surface area contributed by atoms with Gasteiger partial charge < -0.3 is 4.98 Å². The summed E-state index contributed by atoms with van der Waals surface area (Å²) in [6.07, 6.45) is 0. The van der Waals surface area contributed by atoms with Crippen LogP contribution in [0, 0.1) is 0 Å². The first-order chi connectivity index (χ1) is 13.8. The minimum atomic E-state index is -0.0782. The molecule has 3 aromatic carbocycles. The maximum atomic E-state index is 12.8. The van der Waals surface area contributed by atoms with Gasteiger partial charge in [-0.05, 0) is 21.9 Å². The Balaban J connectivity index is 1.48. The Hall–Kier alpha value is -2.89. The molecule has 0 fully saturated rings. The first-order valence-corrected chi connectivity index (χ1v) is 10.8. The van der Waals surface area contributed by atoms with Crippen molar-refractivity contribution in [3.8, 4) is 11.1 Å². The highest BCUT2D eigenvalue weighted by Gasteiger charge is 2.13. The second-order valence-electron chi connectivity index (χ2n) is 6.49. The van der Waals surface area contributed by atoms with Crippen LogP contribution in [0.15, 0.2) is 88.1 Å². The summed E-state index contributed by atoms with van der Waals surface area (Å²) in [5.74, 6) is 0.757. The molecule has 3 nitrogen and oxygen atoms in total. The van der Waals surface area contributed by atoms with Crippen molar-refractivity contribution in [3.05, 3.63) is 94.1 Å². The predicted octanol–water partition coefficient (Wildman–Crippen LogP) is 6.10. The topological polar surface area (TPSA) is 45.8 Å². The van der Waals surface area contributed by atoms with E-state index in [4.69, 9.17) is 4.98 Å². The number of aromatic nitrogens is 2. The highest BCUT2D eigenvalue weighted by atomic mass is 32.2. The zero-order chi connectivity index (χ0) is 18.9. The molecule has 2 aromatic heterocycles. The summed E-state index contributed by atoms with van der Waals surface area (Å²) >= 11 is 3.08. The fourth-order valence-electron chi connectivity index (χ4n) is 3.39. The molecule has 1 N–H and O–H groups in total. The van der Waals surface area contributed by atoms with Crippen LogP contribution in [0.5, 0.6) is 0 Å². The summed E-state index contributed by atoms with van der Waals surface area (Å²) in [6.45, 7) is 0. The lowest BCUT2D eigenvalue weighted by molar-refractivity contribution is 0.980. The van der Waals surface area contributed by atoms with E-state index >= 15 is 0 Å². The fraction of sp³-hybridized carbons (Fsp3) is 0.0435. The maximum Gasteiger partial charge on any atom is 0.260 e. The van der Waals surface area contributed by atoms with Gasteiger partial charge in [0.05, 0.1) is 5.39 Å². The molecular weight excluding hydrogens is 384 g/mol. The van der Waals surface area contributed by atoms with Crippen LogP contribution in [0.3, 0.4) is 0 Å². The number of hydrogen-bond donors (Lipinski definition) is 1. The molecule has 136 valence electrons. The largest absolute Gasteiger partial charge is 0.301 e. The summed E-state index contributed by atoms with van der Waals surface area (Å²) in [5.41, 5.74) is 3.14. The van der Waals surface area contributed by atoms with Crippen molar-refractivity contribution in [2.24, 2.45) is 0 Å². The molecule has 0 saturated heterocycles. The van der Waals surface area contributed by atoms with Crippen LogP contribution in [0.25, 0.3) is 32.1 Å². The van der Waals surface area contributed by atoms with Gasteiger partial charge in [-0.25, -0.2) is 4.98 Å². The van der Waals surface area contributed by atoms with Crippen LogP contribution in [-0.4, -0.2) is 9.97 Å². The lowest BCUT2D eigenvalue weighted by Gasteiger charge is -2.06. The number of aromatic amines is 1. The molecule has 0 radical (unpaired) electrons. The summed E-state index contributed by atoms with van der Waals surface area (Å²) < 4.78 is 0. The van der Waals surface area contributed by atoms with E-state index in [2.05, 4.69) is 41.4 Å². The summed E-state index contributed by atoms with van der Waals surface area (Å²) in [6, 6.07) is 24.6. The van der Waals surface area contributed by atoms with Crippen LogP contribution in [0.2, 0.25) is 0 Å². The standard InChI is InChI=1S/C23H16N2OS2/c26-21-20-19(16-7-2-1-3-8-16)14-27-22(20)25-23(24-21)28-13-17-11-6-10-15-9-4-5-12-18(15)17/h1-12,14H,13H2,(H,24,25,26). The lowest BCUT2D eigenvalue weighted by atomic mass is 10.1. The van der Waals surface area contributed by atoms with Crippen LogP contribution in [-0.2, 0) is 5.75 Å². The highest BCUT2D eigenvalue weighted by molar-refractivity contribution is 7.98. The second-order valence-corrected chi connectivity index (χ2v) is 8.32. The van der Waals surface area contributed by atoms with Gasteiger partial charge in [0.15, 0.2) is 5.16 Å². The molecule has 0 unspecified atom stereocenters. The molecule has 0 aliphatic rings. The molecular formula is C23H16N2OS2. The number of thiophene rings is 1. The van der Waals surface area contributed by atoms with Crippen molar-refractivity contribution in [1.29, 1.82) is 0 Å². The van der Waals surface area contributed by atoms with E-state index in [9.17, 15) is 4.79 Å². The number of hydrogen-bond acceptors (Lipinski definition) is 4. The van der Waals surface area contributed by atoms with E-state index in [1.54, 1.807) is 11.8 Å². The maximum absolute atomic E-state index is 12.8. The Morgan fingerprint density at radius 3 is 2.61 bits per heavy atom. The average Bonchev–Trinajstić information content (AvgIpc) is 3.17. The monoisotopic (exact) mass is 400 g/mol.